The Bertz CT molecular complexity index is 1140. The fraction of sp³-hybridized carbons (Fsp3) is 0. The number of phenols is 2. The summed E-state index contributed by atoms with van der Waals surface area (Å²) in [5.74, 6) is -3.27. The van der Waals surface area contributed by atoms with E-state index in [-0.39, 0.29) is 45.7 Å². The first kappa shape index (κ1) is 25.4. The van der Waals surface area contributed by atoms with E-state index in [4.69, 9.17) is 0 Å². The van der Waals surface area contributed by atoms with Gasteiger partial charge in [-0.1, -0.05) is 84.9 Å². The summed E-state index contributed by atoms with van der Waals surface area (Å²) < 4.78 is 0. The van der Waals surface area contributed by atoms with Gasteiger partial charge in [-0.05, 0) is 23.3 Å². The molecule has 160 valence electrons. The number of para-hydroxylation sites is 2. The van der Waals surface area contributed by atoms with Crippen LogP contribution in [0.15, 0.2) is 97.1 Å². The van der Waals surface area contributed by atoms with Crippen LogP contribution in [0.2, 0.25) is 0 Å². The zero-order chi connectivity index (χ0) is 23.1. The summed E-state index contributed by atoms with van der Waals surface area (Å²) in [5, 5.41) is 41.1. The molecule has 0 aliphatic carbocycles. The van der Waals surface area contributed by atoms with Gasteiger partial charge in [0.05, 0.1) is 11.9 Å². The van der Waals surface area contributed by atoms with Crippen molar-refractivity contribution in [2.45, 2.75) is 0 Å². The van der Waals surface area contributed by atoms with Crippen molar-refractivity contribution in [3.8, 4) is 33.8 Å². The number of carbonyl (C=O) groups is 2. The van der Waals surface area contributed by atoms with Gasteiger partial charge in [0, 0.05) is 22.3 Å². The Morgan fingerprint density at radius 3 is 1.15 bits per heavy atom. The summed E-state index contributed by atoms with van der Waals surface area (Å²) >= 11 is 0. The molecular weight excluding hydrogens is 433 g/mol. The summed E-state index contributed by atoms with van der Waals surface area (Å²) in [5.41, 5.74) is 2.12. The molecule has 0 fully saturated rings. The van der Waals surface area contributed by atoms with Crippen LogP contribution in [0.5, 0.6) is 11.5 Å². The van der Waals surface area contributed by atoms with E-state index in [1.807, 2.05) is 36.4 Å². The molecule has 6 nitrogen and oxygen atoms in total. The fourth-order valence-corrected chi connectivity index (χ4v) is 3.12. The topological polar surface area (TPSA) is 121 Å². The van der Waals surface area contributed by atoms with Crippen molar-refractivity contribution in [3.05, 3.63) is 108 Å². The molecule has 0 saturated heterocycles. The Balaban J connectivity index is 0.000000227. The van der Waals surface area contributed by atoms with Crippen LogP contribution in [0.1, 0.15) is 20.7 Å². The van der Waals surface area contributed by atoms with Crippen molar-refractivity contribution in [1.82, 2.24) is 0 Å². The number of hydrogen-bond donors (Lipinski definition) is 2. The van der Waals surface area contributed by atoms with Crippen LogP contribution < -0.4 is 10.2 Å². The van der Waals surface area contributed by atoms with E-state index in [0.717, 1.165) is 11.1 Å². The second-order valence-electron chi connectivity index (χ2n) is 6.71. The monoisotopic (exact) mass is 450 g/mol. The maximum Gasteiger partial charge on any atom is 2.00 e. The molecule has 0 aliphatic rings. The molecule has 0 heterocycles. The average molecular weight is 451 g/mol. The van der Waals surface area contributed by atoms with Gasteiger partial charge in [-0.25, -0.2) is 0 Å². The second kappa shape index (κ2) is 11.7. The van der Waals surface area contributed by atoms with Crippen LogP contribution in [0.4, 0.5) is 0 Å². The fourth-order valence-electron chi connectivity index (χ4n) is 3.12. The molecule has 33 heavy (non-hydrogen) atoms. The van der Waals surface area contributed by atoms with E-state index < -0.39 is 11.9 Å². The van der Waals surface area contributed by atoms with Gasteiger partial charge in [0.2, 0.25) is 0 Å². The number of benzene rings is 4. The van der Waals surface area contributed by atoms with E-state index in [0.29, 0.717) is 11.1 Å². The Hall–Kier alpha value is -3.81. The van der Waals surface area contributed by atoms with Crippen molar-refractivity contribution in [3.63, 3.8) is 0 Å². The number of rotatable bonds is 4. The summed E-state index contributed by atoms with van der Waals surface area (Å²) in [6, 6.07) is 27.3. The standard InChI is InChI=1S/2C13H10O3.Mg/c2*14-12-10(9-5-2-1-3-6-9)7-4-8-11(12)13(15)16;/h2*1-8,14H,(H,15,16);/q;;+2/p-2. The van der Waals surface area contributed by atoms with E-state index in [2.05, 4.69) is 0 Å². The van der Waals surface area contributed by atoms with Crippen molar-refractivity contribution in [1.29, 1.82) is 0 Å². The summed E-state index contributed by atoms with van der Waals surface area (Å²) in [7, 11) is 0. The van der Waals surface area contributed by atoms with E-state index in [1.54, 1.807) is 48.5 Å². The predicted octanol–water partition coefficient (Wildman–Crippen LogP) is 2.46. The van der Waals surface area contributed by atoms with Gasteiger partial charge in [0.1, 0.15) is 11.5 Å². The third-order valence-corrected chi connectivity index (χ3v) is 4.68. The molecule has 0 spiro atoms. The molecule has 0 radical (unpaired) electrons. The maximum absolute atomic E-state index is 10.7. The van der Waals surface area contributed by atoms with E-state index in [1.165, 1.54) is 12.1 Å². The Morgan fingerprint density at radius 1 is 0.515 bits per heavy atom. The van der Waals surface area contributed by atoms with E-state index >= 15 is 0 Å². The molecular formula is C26H18MgO6. The molecule has 4 aromatic rings. The number of carboxylic acid groups (broad SMARTS) is 2. The first-order chi connectivity index (χ1) is 15.4. The molecule has 4 rings (SSSR count). The smallest absolute Gasteiger partial charge is 0.545 e. The van der Waals surface area contributed by atoms with Crippen LogP contribution in [0.3, 0.4) is 0 Å². The molecule has 0 saturated carbocycles. The van der Waals surface area contributed by atoms with Crippen molar-refractivity contribution in [2.24, 2.45) is 0 Å². The van der Waals surface area contributed by atoms with Gasteiger partial charge in [-0.15, -0.1) is 0 Å². The molecule has 0 atom stereocenters. The van der Waals surface area contributed by atoms with Gasteiger partial charge in [0.25, 0.3) is 0 Å². The van der Waals surface area contributed by atoms with E-state index in [9.17, 15) is 30.0 Å². The number of aromatic hydroxyl groups is 2. The molecule has 0 aromatic heterocycles. The summed E-state index contributed by atoms with van der Waals surface area (Å²) in [6.07, 6.45) is 0. The van der Waals surface area contributed by atoms with Gasteiger partial charge in [-0.2, -0.15) is 0 Å². The Kier molecular flexibility index (Phi) is 9.03. The Labute approximate surface area is 206 Å². The quantitative estimate of drug-likeness (QED) is 0.461. The summed E-state index contributed by atoms with van der Waals surface area (Å²) in [4.78, 5) is 21.5. The van der Waals surface area contributed by atoms with Crippen molar-refractivity contribution < 1.29 is 30.0 Å². The number of aromatic carboxylic acids is 2. The van der Waals surface area contributed by atoms with Crippen LogP contribution >= 0.6 is 0 Å². The molecule has 0 aliphatic heterocycles. The minimum Gasteiger partial charge on any atom is -0.545 e. The third-order valence-electron chi connectivity index (χ3n) is 4.68. The van der Waals surface area contributed by atoms with Gasteiger partial charge in [0.15, 0.2) is 0 Å². The molecule has 0 amide bonds. The van der Waals surface area contributed by atoms with Gasteiger partial charge in [-0.3, -0.25) is 0 Å². The number of carboxylic acids is 2. The zero-order valence-electron chi connectivity index (χ0n) is 17.5. The molecule has 4 aromatic carbocycles. The number of hydrogen-bond acceptors (Lipinski definition) is 6. The first-order valence-corrected chi connectivity index (χ1v) is 9.57. The van der Waals surface area contributed by atoms with Crippen LogP contribution in [0, 0.1) is 0 Å². The van der Waals surface area contributed by atoms with Crippen LogP contribution in [0.25, 0.3) is 22.3 Å². The molecule has 0 unspecified atom stereocenters. The van der Waals surface area contributed by atoms with Crippen molar-refractivity contribution in [2.75, 3.05) is 0 Å². The Morgan fingerprint density at radius 2 is 0.848 bits per heavy atom. The zero-order valence-corrected chi connectivity index (χ0v) is 18.9. The molecule has 7 heteroatoms. The maximum atomic E-state index is 10.7. The second-order valence-corrected chi connectivity index (χ2v) is 6.71. The SMILES string of the molecule is O=C([O-])c1cccc(-c2ccccc2)c1O.O=C([O-])c1cccc(-c2ccccc2)c1O.[Mg+2]. The third kappa shape index (κ3) is 6.12. The molecule has 2 N–H and O–H groups in total. The summed E-state index contributed by atoms with van der Waals surface area (Å²) in [6.45, 7) is 0. The average Bonchev–Trinajstić information content (AvgIpc) is 2.80. The normalized spacial score (nSPS) is 9.70. The minimum absolute atomic E-state index is 0. The first-order valence-electron chi connectivity index (χ1n) is 9.57. The van der Waals surface area contributed by atoms with Crippen LogP contribution in [-0.2, 0) is 0 Å². The largest absolute Gasteiger partial charge is 2.00 e. The van der Waals surface area contributed by atoms with Gasteiger partial charge >= 0.3 is 23.1 Å². The number of carbonyl (C=O) groups excluding carboxylic acids is 2. The minimum atomic E-state index is -1.38. The predicted molar refractivity (Wildman–Crippen MR) is 122 cm³/mol. The van der Waals surface area contributed by atoms with Crippen LogP contribution in [-0.4, -0.2) is 45.2 Å². The van der Waals surface area contributed by atoms with Gasteiger partial charge < -0.3 is 30.0 Å². The molecule has 0 bridgehead atoms. The van der Waals surface area contributed by atoms with Crippen molar-refractivity contribution >= 4 is 35.0 Å².